The molecule has 0 aliphatic rings. The Balaban J connectivity index is 3.05. The van der Waals surface area contributed by atoms with Crippen molar-refractivity contribution in [1.29, 1.82) is 0 Å². The van der Waals surface area contributed by atoms with Gasteiger partial charge in [0.15, 0.2) is 0 Å². The van der Waals surface area contributed by atoms with Crippen LogP contribution in [0.1, 0.15) is 34.1 Å². The van der Waals surface area contributed by atoms with Crippen LogP contribution in [0.3, 0.4) is 0 Å². The average Bonchev–Trinajstić information content (AvgIpc) is 2.58. The molecule has 4 nitrogen and oxygen atoms in total. The summed E-state index contributed by atoms with van der Waals surface area (Å²) in [5, 5.41) is 19.8. The number of fused-ring (bicyclic) bond motifs is 1. The van der Waals surface area contributed by atoms with E-state index in [1.165, 1.54) is 0 Å². The van der Waals surface area contributed by atoms with Crippen molar-refractivity contribution in [2.75, 3.05) is 0 Å². The van der Waals surface area contributed by atoms with Gasteiger partial charge in [-0.15, -0.1) is 0 Å². The number of aromatic carboxylic acids is 1. The number of nitrogens with zero attached hydrogens (tertiary/aromatic N) is 1. The van der Waals surface area contributed by atoms with Gasteiger partial charge in [0, 0.05) is 17.6 Å². The molecular weight excluding hydrogens is 230 g/mol. The zero-order chi connectivity index (χ0) is 13.6. The highest BCUT2D eigenvalue weighted by Gasteiger charge is 2.21. The zero-order valence-corrected chi connectivity index (χ0v) is 11.0. The monoisotopic (exact) mass is 247 g/mol. The molecule has 0 fully saturated rings. The Morgan fingerprint density at radius 1 is 1.28 bits per heavy atom. The summed E-state index contributed by atoms with van der Waals surface area (Å²) in [6, 6.07) is 1.56. The smallest absolute Gasteiger partial charge is 0.338 e. The number of hydrogen-bond donors (Lipinski definition) is 2. The molecule has 1 aromatic carbocycles. The number of aromatic nitrogens is 1. The first-order valence-corrected chi connectivity index (χ1v) is 5.95. The fourth-order valence-electron chi connectivity index (χ4n) is 2.59. The summed E-state index contributed by atoms with van der Waals surface area (Å²) < 4.78 is 1.99. The van der Waals surface area contributed by atoms with E-state index in [1.807, 2.05) is 25.3 Å². The van der Waals surface area contributed by atoms with Crippen LogP contribution < -0.4 is 0 Å². The molecule has 0 saturated carbocycles. The number of benzene rings is 1. The predicted octanol–water partition coefficient (Wildman–Crippen LogP) is 2.99. The Morgan fingerprint density at radius 3 is 2.39 bits per heavy atom. The van der Waals surface area contributed by atoms with Crippen molar-refractivity contribution >= 4 is 16.9 Å². The molecule has 2 N–H and O–H groups in total. The molecule has 2 aromatic rings. The van der Waals surface area contributed by atoms with Gasteiger partial charge in [-0.05, 0) is 44.9 Å². The van der Waals surface area contributed by atoms with Crippen LogP contribution in [-0.4, -0.2) is 20.7 Å². The molecule has 0 atom stereocenters. The van der Waals surface area contributed by atoms with Crippen molar-refractivity contribution in [3.63, 3.8) is 0 Å². The Hall–Kier alpha value is -1.97. The van der Waals surface area contributed by atoms with Gasteiger partial charge in [-0.25, -0.2) is 4.79 Å². The molecule has 1 heterocycles. The van der Waals surface area contributed by atoms with Gasteiger partial charge in [0.1, 0.15) is 5.75 Å². The number of carboxylic acid groups (broad SMARTS) is 1. The second-order valence-corrected chi connectivity index (χ2v) is 4.55. The van der Waals surface area contributed by atoms with Crippen molar-refractivity contribution in [2.24, 2.45) is 0 Å². The van der Waals surface area contributed by atoms with Crippen LogP contribution in [0.25, 0.3) is 10.9 Å². The van der Waals surface area contributed by atoms with Crippen molar-refractivity contribution in [2.45, 2.75) is 34.2 Å². The first kappa shape index (κ1) is 12.5. The van der Waals surface area contributed by atoms with Gasteiger partial charge in [-0.3, -0.25) is 0 Å². The Bertz CT molecular complexity index is 653. The van der Waals surface area contributed by atoms with Gasteiger partial charge in [-0.1, -0.05) is 0 Å². The number of phenols is 1. The number of carbonyl (C=O) groups is 1. The van der Waals surface area contributed by atoms with Gasteiger partial charge in [-0.2, -0.15) is 0 Å². The molecular formula is C14H17NO3. The Morgan fingerprint density at radius 2 is 1.89 bits per heavy atom. The van der Waals surface area contributed by atoms with Crippen LogP contribution in [0.4, 0.5) is 0 Å². The van der Waals surface area contributed by atoms with E-state index in [4.69, 9.17) is 0 Å². The largest absolute Gasteiger partial charge is 0.508 e. The number of phenolic OH excluding ortho intramolecular Hbond substituents is 1. The van der Waals surface area contributed by atoms with Crippen molar-refractivity contribution in [1.82, 2.24) is 4.57 Å². The lowest BCUT2D eigenvalue weighted by atomic mass is 10.0. The summed E-state index contributed by atoms with van der Waals surface area (Å²) in [6.45, 7) is 8.25. The lowest BCUT2D eigenvalue weighted by Crippen LogP contribution is -2.02. The quantitative estimate of drug-likeness (QED) is 0.857. The molecule has 1 aromatic heterocycles. The molecule has 0 radical (unpaired) electrons. The molecule has 0 spiro atoms. The average molecular weight is 247 g/mol. The minimum absolute atomic E-state index is 0.149. The van der Waals surface area contributed by atoms with Crippen LogP contribution in [0.5, 0.6) is 5.75 Å². The molecule has 96 valence electrons. The zero-order valence-electron chi connectivity index (χ0n) is 11.0. The molecule has 0 amide bonds. The third-order valence-electron chi connectivity index (χ3n) is 3.67. The SMILES string of the molecule is CCn1c(C)c(C(=O)O)c2cc(O)c(C)c(C)c21. The third kappa shape index (κ3) is 1.49. The van der Waals surface area contributed by atoms with Gasteiger partial charge < -0.3 is 14.8 Å². The highest BCUT2D eigenvalue weighted by atomic mass is 16.4. The molecule has 0 saturated heterocycles. The van der Waals surface area contributed by atoms with Crippen molar-refractivity contribution < 1.29 is 15.0 Å². The Kier molecular flexibility index (Phi) is 2.81. The summed E-state index contributed by atoms with van der Waals surface area (Å²) in [4.78, 5) is 11.4. The maximum Gasteiger partial charge on any atom is 0.338 e. The molecule has 2 rings (SSSR count). The van der Waals surface area contributed by atoms with E-state index in [0.29, 0.717) is 11.9 Å². The fourth-order valence-corrected chi connectivity index (χ4v) is 2.59. The first-order chi connectivity index (χ1) is 8.40. The summed E-state index contributed by atoms with van der Waals surface area (Å²) in [7, 11) is 0. The van der Waals surface area contributed by atoms with E-state index in [2.05, 4.69) is 0 Å². The van der Waals surface area contributed by atoms with E-state index in [9.17, 15) is 15.0 Å². The summed E-state index contributed by atoms with van der Waals surface area (Å²) in [5.41, 5.74) is 3.65. The number of aryl methyl sites for hydroxylation is 2. The lowest BCUT2D eigenvalue weighted by molar-refractivity contribution is 0.0698. The normalized spacial score (nSPS) is 11.1. The molecule has 0 unspecified atom stereocenters. The van der Waals surface area contributed by atoms with E-state index < -0.39 is 5.97 Å². The number of hydrogen-bond acceptors (Lipinski definition) is 2. The minimum Gasteiger partial charge on any atom is -0.508 e. The highest BCUT2D eigenvalue weighted by Crippen LogP contribution is 2.34. The second-order valence-electron chi connectivity index (χ2n) is 4.55. The molecule has 4 heteroatoms. The van der Waals surface area contributed by atoms with E-state index in [-0.39, 0.29) is 11.3 Å². The van der Waals surface area contributed by atoms with E-state index in [1.54, 1.807) is 13.0 Å². The summed E-state index contributed by atoms with van der Waals surface area (Å²) >= 11 is 0. The Labute approximate surface area is 105 Å². The van der Waals surface area contributed by atoms with Crippen LogP contribution in [0.2, 0.25) is 0 Å². The van der Waals surface area contributed by atoms with Crippen LogP contribution in [0.15, 0.2) is 6.07 Å². The van der Waals surface area contributed by atoms with Gasteiger partial charge in [0.05, 0.1) is 11.1 Å². The fraction of sp³-hybridized carbons (Fsp3) is 0.357. The maximum atomic E-state index is 11.4. The number of rotatable bonds is 2. The standard InChI is InChI=1S/C14H17NO3/c1-5-15-9(4)12(14(17)18)10-6-11(16)7(2)8(3)13(10)15/h6,16H,5H2,1-4H3,(H,17,18). The predicted molar refractivity (Wildman–Crippen MR) is 70.4 cm³/mol. The topological polar surface area (TPSA) is 62.5 Å². The van der Waals surface area contributed by atoms with Crippen LogP contribution in [-0.2, 0) is 6.54 Å². The second kappa shape index (κ2) is 4.05. The number of carboxylic acids is 1. The maximum absolute atomic E-state index is 11.4. The third-order valence-corrected chi connectivity index (χ3v) is 3.67. The van der Waals surface area contributed by atoms with E-state index >= 15 is 0 Å². The minimum atomic E-state index is -0.952. The number of aromatic hydroxyl groups is 1. The van der Waals surface area contributed by atoms with Gasteiger partial charge >= 0.3 is 5.97 Å². The van der Waals surface area contributed by atoms with Gasteiger partial charge in [0.2, 0.25) is 0 Å². The summed E-state index contributed by atoms with van der Waals surface area (Å²) in [6.07, 6.45) is 0. The molecule has 18 heavy (non-hydrogen) atoms. The van der Waals surface area contributed by atoms with Crippen molar-refractivity contribution in [3.05, 3.63) is 28.5 Å². The highest BCUT2D eigenvalue weighted by molar-refractivity contribution is 6.06. The summed E-state index contributed by atoms with van der Waals surface area (Å²) in [5.74, 6) is -0.803. The first-order valence-electron chi connectivity index (χ1n) is 5.95. The van der Waals surface area contributed by atoms with Gasteiger partial charge in [0.25, 0.3) is 0 Å². The molecule has 0 bridgehead atoms. The van der Waals surface area contributed by atoms with Crippen molar-refractivity contribution in [3.8, 4) is 5.75 Å². The lowest BCUT2D eigenvalue weighted by Gasteiger charge is -2.09. The van der Waals surface area contributed by atoms with Crippen LogP contribution >= 0.6 is 0 Å². The molecule has 0 aliphatic heterocycles. The molecule has 0 aliphatic carbocycles. The van der Waals surface area contributed by atoms with Crippen LogP contribution in [0, 0.1) is 20.8 Å². The van der Waals surface area contributed by atoms with E-state index in [0.717, 1.165) is 22.3 Å².